The Morgan fingerprint density at radius 2 is 1.57 bits per heavy atom. The third-order valence-corrected chi connectivity index (χ3v) is 2.72. The Morgan fingerprint density at radius 3 is 2.22 bits per heavy atom. The second-order valence-corrected chi connectivity index (χ2v) is 4.43. The highest BCUT2D eigenvalue weighted by Crippen LogP contribution is 2.15. The van der Waals surface area contributed by atoms with Gasteiger partial charge in [0.25, 0.3) is 0 Å². The van der Waals surface area contributed by atoms with E-state index in [4.69, 9.17) is 4.74 Å². The molecule has 0 saturated carbocycles. The summed E-state index contributed by atoms with van der Waals surface area (Å²) in [6, 6.07) is 5.34. The van der Waals surface area contributed by atoms with E-state index in [1.165, 1.54) is 12.1 Å². The zero-order valence-corrected chi connectivity index (χ0v) is 11.7. The Balaban J connectivity index is 1.74. The van der Waals surface area contributed by atoms with Crippen LogP contribution >= 0.6 is 0 Å². The summed E-state index contributed by atoms with van der Waals surface area (Å²) in [5.74, 6) is -4.00. The molecule has 4 nitrogen and oxygen atoms in total. The predicted octanol–water partition coefficient (Wildman–Crippen LogP) is 3.44. The maximum Gasteiger partial charge on any atom is 0.319 e. The minimum absolute atomic E-state index is 0.0102. The van der Waals surface area contributed by atoms with Crippen molar-refractivity contribution in [2.45, 2.75) is 0 Å². The van der Waals surface area contributed by atoms with E-state index in [-0.39, 0.29) is 24.6 Å². The fourth-order valence-corrected chi connectivity index (χ4v) is 1.65. The highest BCUT2D eigenvalue weighted by molar-refractivity contribution is 5.89. The maximum atomic E-state index is 13.0. The lowest BCUT2D eigenvalue weighted by atomic mass is 10.3. The van der Waals surface area contributed by atoms with Gasteiger partial charge in [0.05, 0.1) is 6.54 Å². The predicted molar refractivity (Wildman–Crippen MR) is 75.2 cm³/mol. The van der Waals surface area contributed by atoms with Crippen LogP contribution in [0.3, 0.4) is 0 Å². The highest BCUT2D eigenvalue weighted by atomic mass is 19.2. The lowest BCUT2D eigenvalue weighted by Gasteiger charge is -2.09. The van der Waals surface area contributed by atoms with E-state index in [0.29, 0.717) is 0 Å². The Kier molecular flexibility index (Phi) is 5.40. The average Bonchev–Trinajstić information content (AvgIpc) is 2.51. The van der Waals surface area contributed by atoms with Crippen LogP contribution in [0.1, 0.15) is 0 Å². The van der Waals surface area contributed by atoms with Crippen molar-refractivity contribution in [3.8, 4) is 5.75 Å². The summed E-state index contributed by atoms with van der Waals surface area (Å²) >= 11 is 0. The van der Waals surface area contributed by atoms with Crippen LogP contribution in [0.5, 0.6) is 5.75 Å². The number of nitrogens with one attached hydrogen (secondary N) is 2. The van der Waals surface area contributed by atoms with Gasteiger partial charge in [-0.05, 0) is 24.3 Å². The SMILES string of the molecule is O=C(NCCOc1ccc(F)c(F)c1)Nc1ccc(F)c(F)c1. The molecule has 2 aromatic rings. The minimum atomic E-state index is -1.08. The molecule has 0 aliphatic rings. The molecule has 0 radical (unpaired) electrons. The number of hydrogen-bond acceptors (Lipinski definition) is 2. The highest BCUT2D eigenvalue weighted by Gasteiger charge is 2.06. The quantitative estimate of drug-likeness (QED) is 0.652. The molecule has 0 aromatic heterocycles. The van der Waals surface area contributed by atoms with E-state index in [9.17, 15) is 22.4 Å². The number of hydrogen-bond donors (Lipinski definition) is 2. The molecule has 0 fully saturated rings. The number of urea groups is 1. The molecule has 0 heterocycles. The van der Waals surface area contributed by atoms with Crippen molar-refractivity contribution in [1.82, 2.24) is 5.32 Å². The molecule has 0 spiro atoms. The molecule has 23 heavy (non-hydrogen) atoms. The standard InChI is InChI=1S/C15H12F4N2O2/c16-11-3-1-9(7-13(11)18)21-15(22)20-5-6-23-10-2-4-12(17)14(19)8-10/h1-4,7-8H,5-6H2,(H2,20,21,22). The fourth-order valence-electron chi connectivity index (χ4n) is 1.65. The number of carbonyl (C=O) groups excluding carboxylic acids is 1. The molecule has 2 N–H and O–H groups in total. The van der Waals surface area contributed by atoms with Crippen molar-refractivity contribution in [1.29, 1.82) is 0 Å². The molecule has 122 valence electrons. The molecule has 0 unspecified atom stereocenters. The lowest BCUT2D eigenvalue weighted by Crippen LogP contribution is -2.32. The van der Waals surface area contributed by atoms with Crippen LogP contribution in [0.2, 0.25) is 0 Å². The van der Waals surface area contributed by atoms with Crippen LogP contribution < -0.4 is 15.4 Å². The molecule has 2 aromatic carbocycles. The summed E-state index contributed by atoms with van der Waals surface area (Å²) < 4.78 is 56.4. The van der Waals surface area contributed by atoms with Crippen molar-refractivity contribution >= 4 is 11.7 Å². The van der Waals surface area contributed by atoms with E-state index < -0.39 is 29.3 Å². The zero-order valence-electron chi connectivity index (χ0n) is 11.7. The maximum absolute atomic E-state index is 13.0. The zero-order chi connectivity index (χ0) is 16.8. The van der Waals surface area contributed by atoms with E-state index in [0.717, 1.165) is 24.3 Å². The number of benzene rings is 2. The monoisotopic (exact) mass is 328 g/mol. The fraction of sp³-hybridized carbons (Fsp3) is 0.133. The summed E-state index contributed by atoms with van der Waals surface area (Å²) in [7, 11) is 0. The molecule has 2 rings (SSSR count). The first-order valence-electron chi connectivity index (χ1n) is 6.53. The van der Waals surface area contributed by atoms with Crippen molar-refractivity contribution in [3.63, 3.8) is 0 Å². The first-order chi connectivity index (χ1) is 11.0. The summed E-state index contributed by atoms with van der Waals surface area (Å²) in [4.78, 5) is 11.5. The van der Waals surface area contributed by atoms with Crippen molar-refractivity contribution < 1.29 is 27.1 Å². The average molecular weight is 328 g/mol. The summed E-state index contributed by atoms with van der Waals surface area (Å²) in [5, 5.41) is 4.71. The van der Waals surface area contributed by atoms with Gasteiger partial charge in [0.2, 0.25) is 0 Å². The third kappa shape index (κ3) is 4.87. The second-order valence-electron chi connectivity index (χ2n) is 4.43. The molecule has 0 aliphatic carbocycles. The van der Waals surface area contributed by atoms with Crippen LogP contribution in [0.4, 0.5) is 28.0 Å². The number of amides is 2. The van der Waals surface area contributed by atoms with E-state index >= 15 is 0 Å². The van der Waals surface area contributed by atoms with Crippen LogP contribution in [0, 0.1) is 23.3 Å². The molecule has 0 bridgehead atoms. The van der Waals surface area contributed by atoms with E-state index in [1.54, 1.807) is 0 Å². The largest absolute Gasteiger partial charge is 0.492 e. The van der Waals surface area contributed by atoms with Crippen LogP contribution in [0.15, 0.2) is 36.4 Å². The molecular formula is C15H12F4N2O2. The summed E-state index contributed by atoms with van der Waals surface area (Å²) in [6.07, 6.45) is 0. The minimum Gasteiger partial charge on any atom is -0.492 e. The smallest absolute Gasteiger partial charge is 0.319 e. The molecule has 0 saturated heterocycles. The van der Waals surface area contributed by atoms with Gasteiger partial charge in [0.15, 0.2) is 23.3 Å². The van der Waals surface area contributed by atoms with Gasteiger partial charge in [-0.15, -0.1) is 0 Å². The summed E-state index contributed by atoms with van der Waals surface area (Å²) in [6.45, 7) is 0.0742. The third-order valence-electron chi connectivity index (χ3n) is 2.72. The molecule has 0 aliphatic heterocycles. The first-order valence-corrected chi connectivity index (χ1v) is 6.53. The van der Waals surface area contributed by atoms with Crippen molar-refractivity contribution in [3.05, 3.63) is 59.7 Å². The number of ether oxygens (including phenoxy) is 1. The molecular weight excluding hydrogens is 316 g/mol. The lowest BCUT2D eigenvalue weighted by molar-refractivity contribution is 0.247. The summed E-state index contributed by atoms with van der Waals surface area (Å²) in [5.41, 5.74) is 0.0860. The van der Waals surface area contributed by atoms with Crippen LogP contribution in [0.25, 0.3) is 0 Å². The van der Waals surface area contributed by atoms with Gasteiger partial charge in [-0.1, -0.05) is 0 Å². The Labute approximate surface area is 129 Å². The van der Waals surface area contributed by atoms with Gasteiger partial charge in [-0.2, -0.15) is 0 Å². The van der Waals surface area contributed by atoms with Crippen molar-refractivity contribution in [2.24, 2.45) is 0 Å². The van der Waals surface area contributed by atoms with E-state index in [2.05, 4.69) is 10.6 Å². The van der Waals surface area contributed by atoms with Crippen LogP contribution in [-0.4, -0.2) is 19.2 Å². The van der Waals surface area contributed by atoms with Gasteiger partial charge in [0, 0.05) is 17.8 Å². The Hall–Kier alpha value is -2.77. The van der Waals surface area contributed by atoms with Gasteiger partial charge in [-0.25, -0.2) is 22.4 Å². The van der Waals surface area contributed by atoms with Gasteiger partial charge < -0.3 is 15.4 Å². The number of carbonyl (C=O) groups is 1. The molecule has 2 amide bonds. The van der Waals surface area contributed by atoms with Crippen molar-refractivity contribution in [2.75, 3.05) is 18.5 Å². The Morgan fingerprint density at radius 1 is 0.913 bits per heavy atom. The first kappa shape index (κ1) is 16.6. The topological polar surface area (TPSA) is 50.4 Å². The van der Waals surface area contributed by atoms with E-state index in [1.807, 2.05) is 0 Å². The van der Waals surface area contributed by atoms with Crippen LogP contribution in [-0.2, 0) is 0 Å². The normalized spacial score (nSPS) is 10.3. The molecule has 0 atom stereocenters. The van der Waals surface area contributed by atoms with Gasteiger partial charge in [0.1, 0.15) is 12.4 Å². The Bertz CT molecular complexity index is 710. The second kappa shape index (κ2) is 7.48. The number of rotatable bonds is 5. The molecule has 8 heteroatoms. The van der Waals surface area contributed by atoms with Gasteiger partial charge in [-0.3, -0.25) is 0 Å². The number of halogens is 4. The number of anilines is 1. The van der Waals surface area contributed by atoms with Gasteiger partial charge >= 0.3 is 6.03 Å².